The number of amides is 1. The van der Waals surface area contributed by atoms with E-state index in [2.05, 4.69) is 4.98 Å². The highest BCUT2D eigenvalue weighted by atomic mass is 16.5. The van der Waals surface area contributed by atoms with Crippen molar-refractivity contribution >= 4 is 5.91 Å². The molecule has 1 saturated carbocycles. The average molecular weight is 393 g/mol. The van der Waals surface area contributed by atoms with Gasteiger partial charge < -0.3 is 14.6 Å². The quantitative estimate of drug-likeness (QED) is 0.870. The first-order chi connectivity index (χ1) is 14.0. The van der Waals surface area contributed by atoms with Gasteiger partial charge in [0.05, 0.1) is 12.8 Å². The Balaban J connectivity index is 1.46. The van der Waals surface area contributed by atoms with Gasteiger partial charge in [-0.25, -0.2) is 4.98 Å². The van der Waals surface area contributed by atoms with E-state index in [9.17, 15) is 9.59 Å². The smallest absolute Gasteiger partial charge is 0.254 e. The monoisotopic (exact) mass is 393 g/mol. The highest BCUT2D eigenvalue weighted by Gasteiger charge is 2.46. The number of hydrogen-bond acceptors (Lipinski definition) is 4. The molecule has 5 rings (SSSR count). The predicted molar refractivity (Wildman–Crippen MR) is 110 cm³/mol. The summed E-state index contributed by atoms with van der Waals surface area (Å²) in [4.78, 5) is 35.8. The Hall–Kier alpha value is -2.63. The third kappa shape index (κ3) is 3.05. The number of fused-ring (bicyclic) bond motifs is 2. The zero-order valence-electron chi connectivity index (χ0n) is 17.1. The van der Waals surface area contributed by atoms with Crippen LogP contribution in [0, 0.1) is 6.92 Å². The zero-order chi connectivity index (χ0) is 20.2. The number of carbonyl (C=O) groups is 1. The molecule has 29 heavy (non-hydrogen) atoms. The minimum atomic E-state index is -0.185. The zero-order valence-corrected chi connectivity index (χ0v) is 17.1. The molecule has 3 aliphatic rings. The maximum atomic E-state index is 13.3. The number of likely N-dealkylation sites (tertiary alicyclic amines) is 1. The molecule has 1 aromatic heterocycles. The van der Waals surface area contributed by atoms with Gasteiger partial charge in [0, 0.05) is 35.5 Å². The van der Waals surface area contributed by atoms with Crippen LogP contribution in [0.3, 0.4) is 0 Å². The molecule has 1 amide bonds. The maximum Gasteiger partial charge on any atom is 0.254 e. The van der Waals surface area contributed by atoms with Crippen molar-refractivity contribution in [3.63, 3.8) is 0 Å². The molecule has 0 radical (unpaired) electrons. The molecule has 0 bridgehead atoms. The number of nitrogens with one attached hydrogen (secondary N) is 1. The van der Waals surface area contributed by atoms with Crippen molar-refractivity contribution in [2.75, 3.05) is 20.2 Å². The van der Waals surface area contributed by atoms with Gasteiger partial charge in [0.2, 0.25) is 0 Å². The largest absolute Gasteiger partial charge is 0.496 e. The van der Waals surface area contributed by atoms with Gasteiger partial charge in [-0.1, -0.05) is 6.07 Å². The van der Waals surface area contributed by atoms with Crippen LogP contribution in [0.2, 0.25) is 0 Å². The molecule has 2 fully saturated rings. The van der Waals surface area contributed by atoms with Gasteiger partial charge in [-0.05, 0) is 63.1 Å². The van der Waals surface area contributed by atoms with Crippen molar-refractivity contribution in [1.29, 1.82) is 0 Å². The van der Waals surface area contributed by atoms with Crippen LogP contribution in [-0.2, 0) is 11.8 Å². The topological polar surface area (TPSA) is 75.3 Å². The van der Waals surface area contributed by atoms with E-state index in [1.54, 1.807) is 7.11 Å². The number of aromatic nitrogens is 2. The van der Waals surface area contributed by atoms with Gasteiger partial charge in [-0.3, -0.25) is 9.59 Å². The average Bonchev–Trinajstić information content (AvgIpc) is 3.53. The Labute approximate surface area is 170 Å². The number of aromatic amines is 1. The maximum absolute atomic E-state index is 13.3. The van der Waals surface area contributed by atoms with Gasteiger partial charge in [0.25, 0.3) is 11.5 Å². The van der Waals surface area contributed by atoms with E-state index in [1.165, 1.54) is 0 Å². The van der Waals surface area contributed by atoms with E-state index in [0.717, 1.165) is 73.5 Å². The van der Waals surface area contributed by atoms with Crippen molar-refractivity contribution in [3.05, 3.63) is 56.8 Å². The number of hydrogen-bond donors (Lipinski definition) is 1. The molecule has 6 nitrogen and oxygen atoms in total. The number of methoxy groups -OCH3 is 1. The fourth-order valence-corrected chi connectivity index (χ4v) is 5.06. The van der Waals surface area contributed by atoms with Crippen LogP contribution in [0.4, 0.5) is 0 Å². The van der Waals surface area contributed by atoms with Crippen molar-refractivity contribution in [1.82, 2.24) is 14.9 Å². The van der Waals surface area contributed by atoms with Crippen molar-refractivity contribution in [3.8, 4) is 5.75 Å². The van der Waals surface area contributed by atoms with Crippen LogP contribution in [0.5, 0.6) is 5.75 Å². The fourth-order valence-electron chi connectivity index (χ4n) is 5.06. The lowest BCUT2D eigenvalue weighted by atomic mass is 9.77. The molecule has 2 heterocycles. The second kappa shape index (κ2) is 6.71. The number of rotatable bonds is 3. The molecule has 1 N–H and O–H groups in total. The molecule has 1 saturated heterocycles. The summed E-state index contributed by atoms with van der Waals surface area (Å²) in [6.07, 6.45) is 5.78. The van der Waals surface area contributed by atoms with Crippen molar-refractivity contribution in [2.45, 2.75) is 56.8 Å². The molecule has 2 aromatic rings. The second-order valence-electron chi connectivity index (χ2n) is 8.85. The van der Waals surface area contributed by atoms with E-state index in [1.807, 2.05) is 30.0 Å². The first-order valence-corrected chi connectivity index (χ1v) is 10.6. The number of H-pyrrole nitrogens is 1. The summed E-state index contributed by atoms with van der Waals surface area (Å²) in [6, 6.07) is 5.63. The fraction of sp³-hybridized carbons (Fsp3) is 0.522. The molecule has 152 valence electrons. The lowest BCUT2D eigenvalue weighted by Gasteiger charge is -2.40. The molecule has 1 atom stereocenters. The Kier molecular flexibility index (Phi) is 4.26. The van der Waals surface area contributed by atoms with E-state index in [-0.39, 0.29) is 16.9 Å². The molecule has 2 aliphatic carbocycles. The summed E-state index contributed by atoms with van der Waals surface area (Å²) in [5.41, 5.74) is 3.30. The standard InChI is InChI=1S/C23H27N3O3/c1-14-4-5-16(12-18(14)29-2)22(28)26-11-3-9-23(13-26)10-8-17-19(23)24-20(15-6-7-15)25-21(17)27/h4-5,12,15H,3,6-11,13H2,1-2H3,(H,24,25,27). The van der Waals surface area contributed by atoms with E-state index in [4.69, 9.17) is 9.72 Å². The Morgan fingerprint density at radius 1 is 1.31 bits per heavy atom. The molecule has 1 spiro atoms. The van der Waals surface area contributed by atoms with Gasteiger partial charge >= 0.3 is 0 Å². The third-order valence-corrected chi connectivity index (χ3v) is 6.87. The van der Waals surface area contributed by atoms with Crippen LogP contribution in [-0.4, -0.2) is 41.0 Å². The van der Waals surface area contributed by atoms with E-state index >= 15 is 0 Å². The number of nitrogens with zero attached hydrogens (tertiary/aromatic N) is 2. The first kappa shape index (κ1) is 18.4. The highest BCUT2D eigenvalue weighted by molar-refractivity contribution is 5.95. The van der Waals surface area contributed by atoms with Gasteiger partial charge in [-0.15, -0.1) is 0 Å². The van der Waals surface area contributed by atoms with Gasteiger partial charge in [0.15, 0.2) is 0 Å². The Morgan fingerprint density at radius 2 is 2.14 bits per heavy atom. The lowest BCUT2D eigenvalue weighted by Crippen LogP contribution is -2.48. The minimum Gasteiger partial charge on any atom is -0.496 e. The van der Waals surface area contributed by atoms with Gasteiger partial charge in [0.1, 0.15) is 11.6 Å². The second-order valence-corrected chi connectivity index (χ2v) is 8.85. The number of carbonyl (C=O) groups excluding carboxylic acids is 1. The van der Waals surface area contributed by atoms with Crippen LogP contribution in [0.1, 0.15) is 71.0 Å². The van der Waals surface area contributed by atoms with Crippen molar-refractivity contribution in [2.24, 2.45) is 0 Å². The molecule has 1 unspecified atom stereocenters. The number of piperidine rings is 1. The summed E-state index contributed by atoms with van der Waals surface area (Å²) in [6.45, 7) is 3.35. The summed E-state index contributed by atoms with van der Waals surface area (Å²) in [5, 5.41) is 0. The summed E-state index contributed by atoms with van der Waals surface area (Å²) in [5.74, 6) is 2.02. The van der Waals surface area contributed by atoms with Crippen molar-refractivity contribution < 1.29 is 9.53 Å². The summed E-state index contributed by atoms with van der Waals surface area (Å²) >= 11 is 0. The Morgan fingerprint density at radius 3 is 2.90 bits per heavy atom. The minimum absolute atomic E-state index is 0.0282. The molecule has 1 aliphatic heterocycles. The highest BCUT2D eigenvalue weighted by Crippen LogP contribution is 2.45. The predicted octanol–water partition coefficient (Wildman–Crippen LogP) is 3.08. The molecule has 1 aromatic carbocycles. The molecule has 6 heteroatoms. The van der Waals surface area contributed by atoms with E-state index < -0.39 is 0 Å². The number of aryl methyl sites for hydroxylation is 1. The first-order valence-electron chi connectivity index (χ1n) is 10.6. The summed E-state index contributed by atoms with van der Waals surface area (Å²) < 4.78 is 5.40. The molecular weight excluding hydrogens is 366 g/mol. The summed E-state index contributed by atoms with van der Waals surface area (Å²) in [7, 11) is 1.63. The van der Waals surface area contributed by atoms with E-state index in [0.29, 0.717) is 18.0 Å². The Bertz CT molecular complexity index is 1040. The van der Waals surface area contributed by atoms with Gasteiger partial charge in [-0.2, -0.15) is 0 Å². The molecular formula is C23H27N3O3. The van der Waals surface area contributed by atoms with Crippen LogP contribution >= 0.6 is 0 Å². The number of ether oxygens (including phenoxy) is 1. The third-order valence-electron chi connectivity index (χ3n) is 6.87. The van der Waals surface area contributed by atoms with Crippen LogP contribution in [0.25, 0.3) is 0 Å². The lowest BCUT2D eigenvalue weighted by molar-refractivity contribution is 0.0633. The number of benzene rings is 1. The van der Waals surface area contributed by atoms with Crippen LogP contribution in [0.15, 0.2) is 23.0 Å². The SMILES string of the molecule is COc1cc(C(=O)N2CCCC3(CCc4c3nc(C3CC3)[nH]c4=O)C2)ccc1C. The van der Waals surface area contributed by atoms with Crippen LogP contribution < -0.4 is 10.3 Å². The normalized spacial score (nSPS) is 23.3.